The third-order valence-electron chi connectivity index (χ3n) is 4.40. The first-order valence-corrected chi connectivity index (χ1v) is 7.82. The van der Waals surface area contributed by atoms with Gasteiger partial charge in [0.1, 0.15) is 0 Å². The standard InChI is InChI=1S/C18H19ClN2O/c1-12-15(19)8-5-9-16(12)20-18(22)21(2)17-11-10-13-6-3-4-7-14(13)17/h3-9,17H,10-11H2,1-2H3,(H,20,22). The Hall–Kier alpha value is -2.00. The highest BCUT2D eigenvalue weighted by molar-refractivity contribution is 6.31. The van der Waals surface area contributed by atoms with Crippen molar-refractivity contribution < 1.29 is 4.79 Å². The van der Waals surface area contributed by atoms with Crippen molar-refractivity contribution in [1.29, 1.82) is 0 Å². The number of nitrogens with one attached hydrogen (secondary N) is 1. The molecule has 0 aromatic heterocycles. The molecule has 1 unspecified atom stereocenters. The summed E-state index contributed by atoms with van der Waals surface area (Å²) in [6.45, 7) is 1.91. The summed E-state index contributed by atoms with van der Waals surface area (Å²) in [6, 6.07) is 13.9. The first-order valence-electron chi connectivity index (χ1n) is 7.44. The second-order valence-corrected chi connectivity index (χ2v) is 6.11. The minimum absolute atomic E-state index is 0.105. The van der Waals surface area contributed by atoms with Gasteiger partial charge in [0.15, 0.2) is 0 Å². The first-order chi connectivity index (χ1) is 10.6. The molecule has 3 nitrogen and oxygen atoms in total. The smallest absolute Gasteiger partial charge is 0.321 e. The van der Waals surface area contributed by atoms with Gasteiger partial charge in [0, 0.05) is 17.8 Å². The molecule has 2 aromatic carbocycles. The van der Waals surface area contributed by atoms with Crippen molar-refractivity contribution in [3.8, 4) is 0 Å². The Balaban J connectivity index is 1.77. The molecule has 1 aliphatic carbocycles. The predicted molar refractivity (Wildman–Crippen MR) is 90.5 cm³/mol. The van der Waals surface area contributed by atoms with Gasteiger partial charge in [-0.05, 0) is 48.6 Å². The number of amides is 2. The number of carbonyl (C=O) groups excluding carboxylic acids is 1. The van der Waals surface area contributed by atoms with Crippen molar-refractivity contribution in [2.45, 2.75) is 25.8 Å². The van der Waals surface area contributed by atoms with Crippen LogP contribution in [-0.2, 0) is 6.42 Å². The van der Waals surface area contributed by atoms with Crippen LogP contribution in [-0.4, -0.2) is 18.0 Å². The SMILES string of the molecule is Cc1c(Cl)cccc1NC(=O)N(C)C1CCc2ccccc21. The highest BCUT2D eigenvalue weighted by Gasteiger charge is 2.28. The number of nitrogens with zero attached hydrogens (tertiary/aromatic N) is 1. The molecule has 1 aliphatic rings. The highest BCUT2D eigenvalue weighted by Crippen LogP contribution is 2.35. The van der Waals surface area contributed by atoms with Gasteiger partial charge < -0.3 is 10.2 Å². The number of fused-ring (bicyclic) bond motifs is 1. The molecule has 4 heteroatoms. The van der Waals surface area contributed by atoms with Crippen LogP contribution >= 0.6 is 11.6 Å². The Morgan fingerprint density at radius 1 is 1.23 bits per heavy atom. The van der Waals surface area contributed by atoms with Gasteiger partial charge in [0.25, 0.3) is 0 Å². The second kappa shape index (κ2) is 6.01. The number of carbonyl (C=O) groups is 1. The Labute approximate surface area is 135 Å². The van der Waals surface area contributed by atoms with E-state index in [2.05, 4.69) is 23.5 Å². The van der Waals surface area contributed by atoms with E-state index >= 15 is 0 Å². The second-order valence-electron chi connectivity index (χ2n) is 5.71. The molecule has 0 radical (unpaired) electrons. The molecule has 1 N–H and O–H groups in total. The number of benzene rings is 2. The van der Waals surface area contributed by atoms with Gasteiger partial charge in [0.2, 0.25) is 0 Å². The largest absolute Gasteiger partial charge is 0.322 e. The van der Waals surface area contributed by atoms with Crippen LogP contribution in [0.3, 0.4) is 0 Å². The molecule has 0 aliphatic heterocycles. The summed E-state index contributed by atoms with van der Waals surface area (Å²) in [6.07, 6.45) is 1.99. The van der Waals surface area contributed by atoms with Gasteiger partial charge in [-0.15, -0.1) is 0 Å². The molecule has 2 aromatic rings. The zero-order valence-corrected chi connectivity index (χ0v) is 13.5. The molecular formula is C18H19ClN2O. The van der Waals surface area contributed by atoms with Gasteiger partial charge in [-0.1, -0.05) is 41.9 Å². The van der Waals surface area contributed by atoms with Gasteiger partial charge in [0.05, 0.1) is 6.04 Å². The number of rotatable bonds is 2. The monoisotopic (exact) mass is 314 g/mol. The number of halogens is 1. The molecular weight excluding hydrogens is 296 g/mol. The molecule has 0 heterocycles. The summed E-state index contributed by atoms with van der Waals surface area (Å²) in [4.78, 5) is 14.3. The fourth-order valence-electron chi connectivity index (χ4n) is 3.02. The summed E-state index contributed by atoms with van der Waals surface area (Å²) >= 11 is 6.11. The van der Waals surface area contributed by atoms with E-state index in [4.69, 9.17) is 11.6 Å². The number of hydrogen-bond acceptors (Lipinski definition) is 1. The minimum Gasteiger partial charge on any atom is -0.321 e. The van der Waals surface area contributed by atoms with Crippen molar-refractivity contribution >= 4 is 23.3 Å². The molecule has 0 saturated heterocycles. The maximum absolute atomic E-state index is 12.5. The van der Waals surface area contributed by atoms with E-state index < -0.39 is 0 Å². The normalized spacial score (nSPS) is 16.2. The maximum Gasteiger partial charge on any atom is 0.322 e. The van der Waals surface area contributed by atoms with Gasteiger partial charge in [-0.3, -0.25) is 0 Å². The van der Waals surface area contributed by atoms with E-state index in [0.717, 1.165) is 24.1 Å². The number of aryl methyl sites for hydroxylation is 1. The quantitative estimate of drug-likeness (QED) is 0.848. The van der Waals surface area contributed by atoms with Crippen LogP contribution in [0.5, 0.6) is 0 Å². The minimum atomic E-state index is -0.105. The van der Waals surface area contributed by atoms with Crippen LogP contribution in [0.4, 0.5) is 10.5 Å². The zero-order chi connectivity index (χ0) is 15.7. The maximum atomic E-state index is 12.5. The van der Waals surface area contributed by atoms with E-state index in [9.17, 15) is 4.79 Å². The van der Waals surface area contributed by atoms with Crippen LogP contribution in [0.25, 0.3) is 0 Å². The summed E-state index contributed by atoms with van der Waals surface area (Å²) in [5.74, 6) is 0. The van der Waals surface area contributed by atoms with Crippen molar-refractivity contribution in [2.24, 2.45) is 0 Å². The van der Waals surface area contributed by atoms with Crippen molar-refractivity contribution in [3.05, 3.63) is 64.2 Å². The first kappa shape index (κ1) is 14.9. The molecule has 1 atom stereocenters. The summed E-state index contributed by atoms with van der Waals surface area (Å²) in [5, 5.41) is 3.62. The highest BCUT2D eigenvalue weighted by atomic mass is 35.5. The summed E-state index contributed by atoms with van der Waals surface area (Å²) < 4.78 is 0. The van der Waals surface area contributed by atoms with Gasteiger partial charge >= 0.3 is 6.03 Å². The molecule has 22 heavy (non-hydrogen) atoms. The lowest BCUT2D eigenvalue weighted by atomic mass is 10.1. The average molecular weight is 315 g/mol. The molecule has 0 bridgehead atoms. The Bertz CT molecular complexity index is 714. The lowest BCUT2D eigenvalue weighted by molar-refractivity contribution is 0.204. The number of urea groups is 1. The molecule has 0 spiro atoms. The summed E-state index contributed by atoms with van der Waals surface area (Å²) in [7, 11) is 1.85. The van der Waals surface area contributed by atoms with Crippen LogP contribution in [0.2, 0.25) is 5.02 Å². The fraction of sp³-hybridized carbons (Fsp3) is 0.278. The lowest BCUT2D eigenvalue weighted by Gasteiger charge is -2.26. The zero-order valence-electron chi connectivity index (χ0n) is 12.8. The van der Waals surface area contributed by atoms with Crippen LogP contribution in [0.1, 0.15) is 29.2 Å². The van der Waals surface area contributed by atoms with Crippen molar-refractivity contribution in [2.75, 3.05) is 12.4 Å². The van der Waals surface area contributed by atoms with Crippen molar-refractivity contribution in [1.82, 2.24) is 4.90 Å². The number of hydrogen-bond donors (Lipinski definition) is 1. The molecule has 2 amide bonds. The Kier molecular flexibility index (Phi) is 4.08. The molecule has 0 fully saturated rings. The van der Waals surface area contributed by atoms with E-state index in [1.807, 2.05) is 38.2 Å². The van der Waals surface area contributed by atoms with E-state index in [1.54, 1.807) is 4.90 Å². The predicted octanol–water partition coefficient (Wildman–Crippen LogP) is 4.80. The van der Waals surface area contributed by atoms with E-state index in [0.29, 0.717) is 5.02 Å². The fourth-order valence-corrected chi connectivity index (χ4v) is 3.20. The van der Waals surface area contributed by atoms with E-state index in [1.165, 1.54) is 11.1 Å². The topological polar surface area (TPSA) is 32.3 Å². The van der Waals surface area contributed by atoms with Gasteiger partial charge in [-0.2, -0.15) is 0 Å². The molecule has 3 rings (SSSR count). The third-order valence-corrected chi connectivity index (χ3v) is 4.81. The Morgan fingerprint density at radius 2 is 2.00 bits per heavy atom. The summed E-state index contributed by atoms with van der Waals surface area (Å²) in [5.41, 5.74) is 4.24. The average Bonchev–Trinajstić information content (AvgIpc) is 2.95. The van der Waals surface area contributed by atoms with Crippen LogP contribution in [0, 0.1) is 6.92 Å². The lowest BCUT2D eigenvalue weighted by Crippen LogP contribution is -2.34. The Morgan fingerprint density at radius 3 is 2.82 bits per heavy atom. The van der Waals surface area contributed by atoms with Crippen LogP contribution in [0.15, 0.2) is 42.5 Å². The number of anilines is 1. The van der Waals surface area contributed by atoms with Gasteiger partial charge in [-0.25, -0.2) is 4.79 Å². The van der Waals surface area contributed by atoms with E-state index in [-0.39, 0.29) is 12.1 Å². The third kappa shape index (κ3) is 2.69. The van der Waals surface area contributed by atoms with Crippen LogP contribution < -0.4 is 5.32 Å². The molecule has 0 saturated carbocycles. The molecule has 114 valence electrons. The van der Waals surface area contributed by atoms with Crippen molar-refractivity contribution in [3.63, 3.8) is 0 Å².